The minimum atomic E-state index is 0.785. The van der Waals surface area contributed by atoms with Gasteiger partial charge in [0.05, 0.1) is 0 Å². The molecule has 18 heavy (non-hydrogen) atoms. The second kappa shape index (κ2) is 6.91. The monoisotopic (exact) mass is 252 g/mol. The largest absolute Gasteiger partial charge is 0.313 e. The minimum Gasteiger partial charge on any atom is -0.313 e. The van der Waals surface area contributed by atoms with Crippen LogP contribution in [0.15, 0.2) is 0 Å². The van der Waals surface area contributed by atoms with E-state index in [1.165, 1.54) is 58.0 Å². The summed E-state index contributed by atoms with van der Waals surface area (Å²) in [5, 5.41) is 3.79. The zero-order valence-electron chi connectivity index (χ0n) is 12.6. The zero-order chi connectivity index (χ0) is 13.0. The Balaban J connectivity index is 1.60. The van der Waals surface area contributed by atoms with Crippen LogP contribution in [0, 0.1) is 11.8 Å². The highest BCUT2D eigenvalue weighted by Crippen LogP contribution is 2.29. The summed E-state index contributed by atoms with van der Waals surface area (Å²) in [6.45, 7) is 7.24. The van der Waals surface area contributed by atoms with Crippen LogP contribution in [0.3, 0.4) is 0 Å². The standard InChI is InChI=1S/C16H32N2/c1-13-8-9-15(12-14(13)2)17-10-11-18(3)16-6-4-5-7-16/h13-17H,4-12H2,1-3H3. The van der Waals surface area contributed by atoms with Crippen LogP contribution in [0.4, 0.5) is 0 Å². The first-order valence-corrected chi connectivity index (χ1v) is 8.10. The SMILES string of the molecule is CC1CCC(NCCN(C)C2CCCC2)CC1C. The van der Waals surface area contributed by atoms with Gasteiger partial charge in [-0.1, -0.05) is 26.7 Å². The quantitative estimate of drug-likeness (QED) is 0.808. The molecule has 0 aliphatic heterocycles. The number of likely N-dealkylation sites (N-methyl/N-ethyl adjacent to an activating group) is 1. The maximum atomic E-state index is 3.79. The van der Waals surface area contributed by atoms with Gasteiger partial charge in [0.2, 0.25) is 0 Å². The average molecular weight is 252 g/mol. The third-order valence-corrected chi connectivity index (χ3v) is 5.44. The number of rotatable bonds is 5. The molecular formula is C16H32N2. The molecule has 2 nitrogen and oxygen atoms in total. The molecule has 3 atom stereocenters. The van der Waals surface area contributed by atoms with Crippen molar-refractivity contribution >= 4 is 0 Å². The van der Waals surface area contributed by atoms with Crippen molar-refractivity contribution in [3.05, 3.63) is 0 Å². The molecule has 0 aromatic heterocycles. The fourth-order valence-corrected chi connectivity index (χ4v) is 3.71. The van der Waals surface area contributed by atoms with Gasteiger partial charge < -0.3 is 10.2 Å². The number of nitrogens with zero attached hydrogens (tertiary/aromatic N) is 1. The van der Waals surface area contributed by atoms with Gasteiger partial charge in [-0.25, -0.2) is 0 Å². The van der Waals surface area contributed by atoms with E-state index in [0.717, 1.165) is 23.9 Å². The predicted molar refractivity (Wildman–Crippen MR) is 78.9 cm³/mol. The number of hydrogen-bond donors (Lipinski definition) is 1. The van der Waals surface area contributed by atoms with E-state index in [2.05, 4.69) is 31.1 Å². The van der Waals surface area contributed by atoms with Gasteiger partial charge in [-0.2, -0.15) is 0 Å². The summed E-state index contributed by atoms with van der Waals surface area (Å²) in [4.78, 5) is 2.58. The summed E-state index contributed by atoms with van der Waals surface area (Å²) in [6.07, 6.45) is 9.92. The van der Waals surface area contributed by atoms with E-state index in [1.54, 1.807) is 0 Å². The van der Waals surface area contributed by atoms with Crippen LogP contribution in [0.5, 0.6) is 0 Å². The average Bonchev–Trinajstić information content (AvgIpc) is 2.87. The lowest BCUT2D eigenvalue weighted by Gasteiger charge is -2.33. The number of nitrogens with one attached hydrogen (secondary N) is 1. The second-order valence-corrected chi connectivity index (χ2v) is 6.84. The van der Waals surface area contributed by atoms with Crippen LogP contribution in [0.25, 0.3) is 0 Å². The maximum Gasteiger partial charge on any atom is 0.0107 e. The first kappa shape index (κ1) is 14.3. The summed E-state index contributed by atoms with van der Waals surface area (Å²) in [5.41, 5.74) is 0. The van der Waals surface area contributed by atoms with Crippen LogP contribution in [0.1, 0.15) is 58.8 Å². The lowest BCUT2D eigenvalue weighted by Crippen LogP contribution is -2.41. The summed E-state index contributed by atoms with van der Waals surface area (Å²) in [6, 6.07) is 1.66. The van der Waals surface area contributed by atoms with Crippen LogP contribution in [-0.2, 0) is 0 Å². The lowest BCUT2D eigenvalue weighted by molar-refractivity contribution is 0.207. The lowest BCUT2D eigenvalue weighted by atomic mass is 9.79. The summed E-state index contributed by atoms with van der Waals surface area (Å²) >= 11 is 0. The molecule has 2 saturated carbocycles. The third kappa shape index (κ3) is 3.96. The predicted octanol–water partition coefficient (Wildman–Crippen LogP) is 3.28. The Morgan fingerprint density at radius 1 is 1.00 bits per heavy atom. The number of hydrogen-bond acceptors (Lipinski definition) is 2. The Morgan fingerprint density at radius 3 is 2.39 bits per heavy atom. The van der Waals surface area contributed by atoms with Crippen molar-refractivity contribution < 1.29 is 0 Å². The van der Waals surface area contributed by atoms with Gasteiger partial charge in [-0.05, 0) is 51.0 Å². The molecular weight excluding hydrogens is 220 g/mol. The van der Waals surface area contributed by atoms with Gasteiger partial charge in [0.15, 0.2) is 0 Å². The van der Waals surface area contributed by atoms with Crippen LogP contribution >= 0.6 is 0 Å². The van der Waals surface area contributed by atoms with E-state index in [-0.39, 0.29) is 0 Å². The van der Waals surface area contributed by atoms with Gasteiger partial charge in [0, 0.05) is 25.2 Å². The summed E-state index contributed by atoms with van der Waals surface area (Å²) < 4.78 is 0. The normalized spacial score (nSPS) is 34.3. The zero-order valence-corrected chi connectivity index (χ0v) is 12.6. The molecule has 0 amide bonds. The molecule has 0 radical (unpaired) electrons. The Bertz CT molecular complexity index is 235. The Hall–Kier alpha value is -0.0800. The molecule has 0 spiro atoms. The molecule has 3 unspecified atom stereocenters. The van der Waals surface area contributed by atoms with Gasteiger partial charge in [-0.3, -0.25) is 0 Å². The maximum absolute atomic E-state index is 3.79. The Morgan fingerprint density at radius 2 is 1.72 bits per heavy atom. The van der Waals surface area contributed by atoms with Gasteiger partial charge in [0.1, 0.15) is 0 Å². The van der Waals surface area contributed by atoms with Gasteiger partial charge in [0.25, 0.3) is 0 Å². The molecule has 106 valence electrons. The van der Waals surface area contributed by atoms with Crippen molar-refractivity contribution in [1.29, 1.82) is 0 Å². The first-order valence-electron chi connectivity index (χ1n) is 8.10. The van der Waals surface area contributed by atoms with Gasteiger partial charge >= 0.3 is 0 Å². The molecule has 1 N–H and O–H groups in total. The van der Waals surface area contributed by atoms with E-state index >= 15 is 0 Å². The van der Waals surface area contributed by atoms with Crippen molar-refractivity contribution in [3.8, 4) is 0 Å². The van der Waals surface area contributed by atoms with E-state index < -0.39 is 0 Å². The minimum absolute atomic E-state index is 0.785. The third-order valence-electron chi connectivity index (χ3n) is 5.44. The van der Waals surface area contributed by atoms with E-state index in [1.807, 2.05) is 0 Å². The highest BCUT2D eigenvalue weighted by atomic mass is 15.1. The van der Waals surface area contributed by atoms with Crippen molar-refractivity contribution in [1.82, 2.24) is 10.2 Å². The van der Waals surface area contributed by atoms with E-state index in [9.17, 15) is 0 Å². The van der Waals surface area contributed by atoms with Crippen LogP contribution in [-0.4, -0.2) is 37.1 Å². The fourth-order valence-electron chi connectivity index (χ4n) is 3.71. The topological polar surface area (TPSA) is 15.3 Å². The molecule has 0 aromatic rings. The molecule has 0 heterocycles. The Kier molecular flexibility index (Phi) is 5.50. The van der Waals surface area contributed by atoms with Crippen molar-refractivity contribution in [2.45, 2.75) is 70.9 Å². The molecule has 0 saturated heterocycles. The van der Waals surface area contributed by atoms with E-state index in [4.69, 9.17) is 0 Å². The van der Waals surface area contributed by atoms with Crippen LogP contribution in [0.2, 0.25) is 0 Å². The molecule has 0 bridgehead atoms. The molecule has 2 aliphatic rings. The molecule has 2 aliphatic carbocycles. The fraction of sp³-hybridized carbons (Fsp3) is 1.00. The highest BCUT2D eigenvalue weighted by molar-refractivity contribution is 4.81. The smallest absolute Gasteiger partial charge is 0.0107 e. The van der Waals surface area contributed by atoms with Crippen molar-refractivity contribution in [2.24, 2.45) is 11.8 Å². The molecule has 2 rings (SSSR count). The Labute approximate surface area is 114 Å². The van der Waals surface area contributed by atoms with Crippen molar-refractivity contribution in [3.63, 3.8) is 0 Å². The highest BCUT2D eigenvalue weighted by Gasteiger charge is 2.24. The van der Waals surface area contributed by atoms with E-state index in [0.29, 0.717) is 0 Å². The van der Waals surface area contributed by atoms with Gasteiger partial charge in [-0.15, -0.1) is 0 Å². The molecule has 2 heteroatoms. The van der Waals surface area contributed by atoms with Crippen molar-refractivity contribution in [2.75, 3.05) is 20.1 Å². The first-order chi connectivity index (χ1) is 8.66. The van der Waals surface area contributed by atoms with Crippen LogP contribution < -0.4 is 5.32 Å². The summed E-state index contributed by atoms with van der Waals surface area (Å²) in [5.74, 6) is 1.84. The summed E-state index contributed by atoms with van der Waals surface area (Å²) in [7, 11) is 2.31. The molecule has 2 fully saturated rings. The molecule has 0 aromatic carbocycles. The second-order valence-electron chi connectivity index (χ2n) is 6.84.